The van der Waals surface area contributed by atoms with Gasteiger partial charge in [-0.25, -0.2) is 0 Å². The lowest BCUT2D eigenvalue weighted by molar-refractivity contribution is 0.298. The Hall–Kier alpha value is -2.49. The summed E-state index contributed by atoms with van der Waals surface area (Å²) in [6.45, 7) is 6.29. The van der Waals surface area contributed by atoms with Gasteiger partial charge in [0.2, 0.25) is 5.43 Å². The molecule has 0 aromatic heterocycles. The van der Waals surface area contributed by atoms with Gasteiger partial charge in [0, 0.05) is 0 Å². The maximum atomic E-state index is 12.4. The van der Waals surface area contributed by atoms with E-state index < -0.39 is 0 Å². The van der Waals surface area contributed by atoms with Crippen molar-refractivity contribution in [2.45, 2.75) is 130 Å². The molecule has 0 aliphatic rings. The molecule has 0 aliphatic heterocycles. The number of hydrogen-bond donors (Lipinski definition) is 0. The summed E-state index contributed by atoms with van der Waals surface area (Å²) in [6, 6.07) is 14.8. The highest BCUT2D eigenvalue weighted by Gasteiger charge is 2.03. The van der Waals surface area contributed by atoms with Crippen molar-refractivity contribution in [2.24, 2.45) is 0 Å². The predicted molar refractivity (Wildman–Crippen MR) is 164 cm³/mol. The van der Waals surface area contributed by atoms with Gasteiger partial charge >= 0.3 is 0 Å². The maximum Gasteiger partial charge on any atom is 0.220 e. The molecule has 0 N–H and O–H groups in total. The van der Waals surface area contributed by atoms with E-state index in [0.29, 0.717) is 24.7 Å². The zero-order valence-corrected chi connectivity index (χ0v) is 24.9. The van der Waals surface area contributed by atoms with Crippen molar-refractivity contribution in [3.8, 4) is 17.2 Å². The Kier molecular flexibility index (Phi) is 18.7. The number of benzene rings is 1. The minimum atomic E-state index is -0.141. The molecule has 218 valence electrons. The Balaban J connectivity index is 1.61. The van der Waals surface area contributed by atoms with Crippen molar-refractivity contribution < 1.29 is 14.2 Å². The highest BCUT2D eigenvalue weighted by molar-refractivity contribution is 5.30. The second-order valence-electron chi connectivity index (χ2n) is 10.7. The molecular formula is C35H54O4. The van der Waals surface area contributed by atoms with Gasteiger partial charge in [-0.1, -0.05) is 122 Å². The van der Waals surface area contributed by atoms with E-state index in [1.807, 2.05) is 30.3 Å². The smallest absolute Gasteiger partial charge is 0.220 e. The monoisotopic (exact) mass is 538 g/mol. The highest BCUT2D eigenvalue weighted by atomic mass is 16.5. The van der Waals surface area contributed by atoms with E-state index in [1.54, 1.807) is 12.1 Å². The summed E-state index contributed by atoms with van der Waals surface area (Å²) in [5.74, 6) is 1.92. The molecule has 39 heavy (non-hydrogen) atoms. The van der Waals surface area contributed by atoms with Crippen molar-refractivity contribution in [1.29, 1.82) is 0 Å². The lowest BCUT2D eigenvalue weighted by Crippen LogP contribution is -2.04. The maximum absolute atomic E-state index is 12.4. The van der Waals surface area contributed by atoms with Crippen LogP contribution in [-0.2, 0) is 6.61 Å². The predicted octanol–water partition coefficient (Wildman–Crippen LogP) is 10.1. The van der Waals surface area contributed by atoms with Crippen molar-refractivity contribution in [3.05, 3.63) is 64.3 Å². The van der Waals surface area contributed by atoms with Crippen molar-refractivity contribution in [3.63, 3.8) is 0 Å². The van der Waals surface area contributed by atoms with Gasteiger partial charge in [0.15, 0.2) is 5.75 Å². The van der Waals surface area contributed by atoms with Crippen LogP contribution in [0.4, 0.5) is 0 Å². The fraction of sp³-hybridized carbons (Fsp3) is 0.629. The van der Waals surface area contributed by atoms with Crippen LogP contribution in [0, 0.1) is 0 Å². The van der Waals surface area contributed by atoms with Crippen LogP contribution in [0.5, 0.6) is 17.2 Å². The molecule has 0 heterocycles. The molecule has 2 rings (SSSR count). The molecule has 0 fully saturated rings. The van der Waals surface area contributed by atoms with Crippen molar-refractivity contribution in [2.75, 3.05) is 13.2 Å². The molecule has 0 aliphatic carbocycles. The number of unbranched alkanes of at least 4 members (excludes halogenated alkanes) is 15. The lowest BCUT2D eigenvalue weighted by Gasteiger charge is -2.08. The van der Waals surface area contributed by atoms with Crippen LogP contribution < -0.4 is 19.6 Å². The summed E-state index contributed by atoms with van der Waals surface area (Å²) in [4.78, 5) is 12.4. The summed E-state index contributed by atoms with van der Waals surface area (Å²) in [5, 5.41) is 0. The zero-order chi connectivity index (χ0) is 27.8. The standard InChI is InChI=1S/C35H54O4/c1-3-5-7-9-11-13-15-17-19-29-38-33-24-26-34(36)35(27-25-33)39-30-31-20-22-32(23-21-31)37-28-18-16-14-12-10-8-6-4-2/h20-27H,3-19,28-30H2,1-2H3. The number of rotatable bonds is 24. The number of hydrogen-bond acceptors (Lipinski definition) is 4. The second kappa shape index (κ2) is 22.3. The molecule has 0 amide bonds. The Morgan fingerprint density at radius 2 is 0.872 bits per heavy atom. The minimum Gasteiger partial charge on any atom is -0.494 e. The fourth-order valence-corrected chi connectivity index (χ4v) is 4.62. The molecule has 0 saturated heterocycles. The molecule has 4 heteroatoms. The molecule has 4 nitrogen and oxygen atoms in total. The SMILES string of the molecule is CCCCCCCCCCCOc1ccc(OCc2ccc(OCCCCCCCCCC)cc2)c(=O)cc1. The van der Waals surface area contributed by atoms with Crippen LogP contribution in [-0.4, -0.2) is 13.2 Å². The van der Waals surface area contributed by atoms with Crippen molar-refractivity contribution >= 4 is 0 Å². The van der Waals surface area contributed by atoms with Gasteiger partial charge in [0.1, 0.15) is 18.1 Å². The molecular weight excluding hydrogens is 484 g/mol. The van der Waals surface area contributed by atoms with Crippen LogP contribution in [0.25, 0.3) is 0 Å². The second-order valence-corrected chi connectivity index (χ2v) is 10.7. The first-order chi connectivity index (χ1) is 19.2. The van der Waals surface area contributed by atoms with Crippen LogP contribution in [0.3, 0.4) is 0 Å². The minimum absolute atomic E-state index is 0.141. The van der Waals surface area contributed by atoms with E-state index in [-0.39, 0.29) is 5.43 Å². The molecule has 0 radical (unpaired) electrons. The molecule has 0 bridgehead atoms. The summed E-state index contributed by atoms with van der Waals surface area (Å²) in [7, 11) is 0. The zero-order valence-electron chi connectivity index (χ0n) is 24.9. The largest absolute Gasteiger partial charge is 0.494 e. The average molecular weight is 539 g/mol. The van der Waals surface area contributed by atoms with E-state index in [4.69, 9.17) is 14.2 Å². The Morgan fingerprint density at radius 1 is 0.462 bits per heavy atom. The van der Waals surface area contributed by atoms with Gasteiger partial charge in [-0.05, 0) is 54.8 Å². The van der Waals surface area contributed by atoms with E-state index >= 15 is 0 Å². The molecule has 0 atom stereocenters. The summed E-state index contributed by atoms with van der Waals surface area (Å²) < 4.78 is 17.6. The highest BCUT2D eigenvalue weighted by Crippen LogP contribution is 2.17. The van der Waals surface area contributed by atoms with Gasteiger partial charge in [-0.2, -0.15) is 0 Å². The average Bonchev–Trinajstić information content (AvgIpc) is 3.13. The van der Waals surface area contributed by atoms with E-state index in [0.717, 1.165) is 30.8 Å². The van der Waals surface area contributed by atoms with Gasteiger partial charge < -0.3 is 14.2 Å². The fourth-order valence-electron chi connectivity index (χ4n) is 4.62. The van der Waals surface area contributed by atoms with Gasteiger partial charge in [-0.3, -0.25) is 4.79 Å². The normalized spacial score (nSPS) is 10.9. The van der Waals surface area contributed by atoms with Crippen LogP contribution >= 0.6 is 0 Å². The van der Waals surface area contributed by atoms with E-state index in [2.05, 4.69) is 13.8 Å². The molecule has 2 aromatic rings. The Morgan fingerprint density at radius 3 is 1.36 bits per heavy atom. The number of ether oxygens (including phenoxy) is 3. The topological polar surface area (TPSA) is 44.8 Å². The first-order valence-electron chi connectivity index (χ1n) is 15.8. The first-order valence-corrected chi connectivity index (χ1v) is 15.8. The summed E-state index contributed by atoms with van der Waals surface area (Å²) in [6.07, 6.45) is 22.0. The van der Waals surface area contributed by atoms with Crippen molar-refractivity contribution in [1.82, 2.24) is 0 Å². The van der Waals surface area contributed by atoms with Crippen LogP contribution in [0.1, 0.15) is 129 Å². The third-order valence-electron chi connectivity index (χ3n) is 7.14. The summed E-state index contributed by atoms with van der Waals surface area (Å²) >= 11 is 0. The Bertz CT molecular complexity index is 909. The van der Waals surface area contributed by atoms with E-state index in [1.165, 1.54) is 102 Å². The quantitative estimate of drug-likeness (QED) is 0.125. The van der Waals surface area contributed by atoms with Gasteiger partial charge in [0.25, 0.3) is 0 Å². The third-order valence-corrected chi connectivity index (χ3v) is 7.14. The van der Waals surface area contributed by atoms with Crippen LogP contribution in [0.2, 0.25) is 0 Å². The van der Waals surface area contributed by atoms with Gasteiger partial charge in [0.05, 0.1) is 13.2 Å². The molecule has 0 spiro atoms. The van der Waals surface area contributed by atoms with Gasteiger partial charge in [-0.15, -0.1) is 0 Å². The summed E-state index contributed by atoms with van der Waals surface area (Å²) in [5.41, 5.74) is 0.861. The first kappa shape index (κ1) is 32.7. The lowest BCUT2D eigenvalue weighted by atomic mass is 10.1. The molecule has 2 aromatic carbocycles. The molecule has 0 saturated carbocycles. The van der Waals surface area contributed by atoms with Crippen LogP contribution in [0.15, 0.2) is 53.3 Å². The third kappa shape index (κ3) is 16.3. The van der Waals surface area contributed by atoms with E-state index in [9.17, 15) is 4.79 Å². The molecule has 0 unspecified atom stereocenters. The Labute approximate surface area is 238 Å².